The molecule has 2 aliphatic heterocycles. The van der Waals surface area contributed by atoms with Crippen LogP contribution in [0.15, 0.2) is 29.3 Å². The monoisotopic (exact) mass is 438 g/mol. The molecule has 168 valence electrons. The first-order valence-corrected chi connectivity index (χ1v) is 10.7. The minimum atomic E-state index is -0.418. The molecule has 1 saturated heterocycles. The summed E-state index contributed by atoms with van der Waals surface area (Å²) in [6.07, 6.45) is 4.24. The molecule has 2 aromatic heterocycles. The summed E-state index contributed by atoms with van der Waals surface area (Å²) in [5.41, 5.74) is 5.19. The molecule has 2 N–H and O–H groups in total. The number of aromatic amines is 1. The van der Waals surface area contributed by atoms with Gasteiger partial charge in [0.25, 0.3) is 5.56 Å². The fourth-order valence-corrected chi connectivity index (χ4v) is 4.59. The van der Waals surface area contributed by atoms with Gasteiger partial charge in [-0.25, -0.2) is 14.4 Å². The van der Waals surface area contributed by atoms with Gasteiger partial charge in [0.1, 0.15) is 6.79 Å². The summed E-state index contributed by atoms with van der Waals surface area (Å²) in [6.45, 7) is 9.19. The van der Waals surface area contributed by atoms with E-state index in [9.17, 15) is 9.18 Å². The number of hydrogen-bond acceptors (Lipinski definition) is 7. The highest BCUT2D eigenvalue weighted by Crippen LogP contribution is 2.31. The van der Waals surface area contributed by atoms with Crippen LogP contribution in [0.4, 0.5) is 16.0 Å². The van der Waals surface area contributed by atoms with E-state index in [2.05, 4.69) is 49.1 Å². The fourth-order valence-electron chi connectivity index (χ4n) is 4.59. The Labute approximate surface area is 185 Å². The van der Waals surface area contributed by atoms with Gasteiger partial charge in [0.2, 0.25) is 5.95 Å². The zero-order chi connectivity index (χ0) is 22.7. The molecule has 1 fully saturated rings. The molecule has 5 rings (SSSR count). The van der Waals surface area contributed by atoms with Crippen LogP contribution in [0.5, 0.6) is 0 Å². The number of nitrogens with zero attached hydrogens (tertiary/aromatic N) is 4. The van der Waals surface area contributed by atoms with Gasteiger partial charge < -0.3 is 20.0 Å². The number of aromatic nitrogens is 3. The molecule has 0 atom stereocenters. The molecule has 3 aromatic rings. The maximum Gasteiger partial charge on any atom is 0.253 e. The summed E-state index contributed by atoms with van der Waals surface area (Å²) in [5.74, 6) is 0.158. The zero-order valence-electron chi connectivity index (χ0n) is 18.2. The molecular formula is C23H27FN6O2. The van der Waals surface area contributed by atoms with Crippen LogP contribution < -0.4 is 15.8 Å². The van der Waals surface area contributed by atoms with Crippen molar-refractivity contribution in [2.45, 2.75) is 26.3 Å². The Morgan fingerprint density at radius 3 is 2.56 bits per heavy atom. The molecule has 32 heavy (non-hydrogen) atoms. The number of rotatable bonds is 3. The summed E-state index contributed by atoms with van der Waals surface area (Å²) in [6, 6.07) is 4.34. The van der Waals surface area contributed by atoms with Gasteiger partial charge in [-0.15, -0.1) is 0 Å². The van der Waals surface area contributed by atoms with Crippen molar-refractivity contribution in [2.24, 2.45) is 0 Å². The van der Waals surface area contributed by atoms with Gasteiger partial charge in [0.15, 0.2) is 5.82 Å². The van der Waals surface area contributed by atoms with Crippen LogP contribution >= 0.6 is 0 Å². The third-order valence-electron chi connectivity index (χ3n) is 6.04. The van der Waals surface area contributed by atoms with E-state index in [1.165, 1.54) is 23.5 Å². The maximum atomic E-state index is 13.0. The number of carbonyl (C=O) groups is 1. The number of hydrogen-bond donors (Lipinski definition) is 2. The van der Waals surface area contributed by atoms with E-state index in [-0.39, 0.29) is 5.56 Å². The molecule has 0 aliphatic carbocycles. The first kappa shape index (κ1) is 21.9. The second kappa shape index (κ2) is 9.44. The molecular weight excluding hydrogens is 411 g/mol. The van der Waals surface area contributed by atoms with E-state index in [1.807, 2.05) is 6.79 Å². The Bertz CT molecular complexity index is 1160. The van der Waals surface area contributed by atoms with Gasteiger partial charge in [-0.1, -0.05) is 6.07 Å². The quantitative estimate of drug-likeness (QED) is 0.648. The van der Waals surface area contributed by atoms with Gasteiger partial charge in [0.05, 0.1) is 23.6 Å². The second-order valence-electron chi connectivity index (χ2n) is 8.14. The third kappa shape index (κ3) is 4.34. The second-order valence-corrected chi connectivity index (χ2v) is 8.14. The third-order valence-corrected chi connectivity index (χ3v) is 6.04. The van der Waals surface area contributed by atoms with Crippen molar-refractivity contribution in [2.75, 3.05) is 42.9 Å². The lowest BCUT2D eigenvalue weighted by molar-refractivity contribution is -0.0979. The molecule has 0 spiro atoms. The predicted octanol–water partition coefficient (Wildman–Crippen LogP) is 2.26. The maximum absolute atomic E-state index is 13.0. The topological polar surface area (TPSA) is 94.2 Å². The van der Waals surface area contributed by atoms with Gasteiger partial charge in [-0.05, 0) is 37.0 Å². The van der Waals surface area contributed by atoms with E-state index in [0.717, 1.165) is 74.3 Å². The van der Waals surface area contributed by atoms with E-state index >= 15 is 0 Å². The largest absolute Gasteiger partial charge is 0.384 e. The lowest BCUT2D eigenvalue weighted by Crippen LogP contribution is -2.46. The van der Waals surface area contributed by atoms with Crippen molar-refractivity contribution in [1.29, 1.82) is 0 Å². The minimum Gasteiger partial charge on any atom is -0.384 e. The molecule has 1 aromatic carbocycles. The highest BCUT2D eigenvalue weighted by molar-refractivity contribution is 5.96. The van der Waals surface area contributed by atoms with Gasteiger partial charge >= 0.3 is 0 Å². The number of aryl methyl sites for hydroxylation is 1. The van der Waals surface area contributed by atoms with Crippen LogP contribution in [-0.2, 0) is 17.8 Å². The normalized spacial score (nSPS) is 16.1. The Hall–Kier alpha value is -3.33. The zero-order valence-corrected chi connectivity index (χ0v) is 18.2. The van der Waals surface area contributed by atoms with Crippen molar-refractivity contribution in [3.05, 3.63) is 57.4 Å². The standard InChI is InChI=1S/C22H25FN6O.CH2O/c1-14-9-15(10-18-19(14)20-17(21(30)27-18)3-2-4-24-20)13-28-5-7-29(8-6-28)22-25-11-16(23)12-26-22;1-2/h9-12,24H,2-8,13H2,1H3,(H,27,30);1H2. The first-order chi connectivity index (χ1) is 15.6. The summed E-state index contributed by atoms with van der Waals surface area (Å²) in [7, 11) is 0. The van der Waals surface area contributed by atoms with Crippen LogP contribution in [0.2, 0.25) is 0 Å². The number of carbonyl (C=O) groups excluding carboxylic acids is 1. The average Bonchev–Trinajstić information content (AvgIpc) is 2.81. The van der Waals surface area contributed by atoms with Crippen LogP contribution in [-0.4, -0.2) is 59.4 Å². The summed E-state index contributed by atoms with van der Waals surface area (Å²) in [5, 5.41) is 4.57. The molecule has 4 heterocycles. The van der Waals surface area contributed by atoms with Crippen molar-refractivity contribution in [3.8, 4) is 0 Å². The number of halogens is 1. The highest BCUT2D eigenvalue weighted by atomic mass is 19.1. The summed E-state index contributed by atoms with van der Waals surface area (Å²) >= 11 is 0. The van der Waals surface area contributed by atoms with E-state index in [0.29, 0.717) is 5.95 Å². The lowest BCUT2D eigenvalue weighted by Gasteiger charge is -2.34. The van der Waals surface area contributed by atoms with Crippen LogP contribution in [0.25, 0.3) is 10.9 Å². The van der Waals surface area contributed by atoms with Crippen molar-refractivity contribution in [3.63, 3.8) is 0 Å². The van der Waals surface area contributed by atoms with Crippen molar-refractivity contribution < 1.29 is 9.18 Å². The van der Waals surface area contributed by atoms with Crippen LogP contribution in [0.1, 0.15) is 23.1 Å². The molecule has 0 unspecified atom stereocenters. The first-order valence-electron chi connectivity index (χ1n) is 10.7. The van der Waals surface area contributed by atoms with E-state index < -0.39 is 5.82 Å². The van der Waals surface area contributed by atoms with Gasteiger partial charge in [-0.2, -0.15) is 0 Å². The summed E-state index contributed by atoms with van der Waals surface area (Å²) in [4.78, 5) is 36.3. The van der Waals surface area contributed by atoms with Gasteiger partial charge in [-0.3, -0.25) is 9.69 Å². The number of H-pyrrole nitrogens is 1. The number of piperazine rings is 1. The van der Waals surface area contributed by atoms with E-state index in [4.69, 9.17) is 4.79 Å². The van der Waals surface area contributed by atoms with Gasteiger partial charge in [0, 0.05) is 50.2 Å². The number of benzene rings is 1. The van der Waals surface area contributed by atoms with E-state index in [1.54, 1.807) is 0 Å². The lowest BCUT2D eigenvalue weighted by atomic mass is 9.97. The molecule has 0 amide bonds. The fraction of sp³-hybridized carbons (Fsp3) is 0.391. The number of anilines is 2. The highest BCUT2D eigenvalue weighted by Gasteiger charge is 2.21. The number of fused-ring (bicyclic) bond motifs is 3. The molecule has 0 saturated carbocycles. The molecule has 9 heteroatoms. The van der Waals surface area contributed by atoms with Crippen LogP contribution in [0.3, 0.4) is 0 Å². The average molecular weight is 439 g/mol. The smallest absolute Gasteiger partial charge is 0.253 e. The van der Waals surface area contributed by atoms with Crippen LogP contribution in [0, 0.1) is 12.7 Å². The Morgan fingerprint density at radius 1 is 1.12 bits per heavy atom. The minimum absolute atomic E-state index is 0.0224. The van der Waals surface area contributed by atoms with Crippen molar-refractivity contribution >= 4 is 29.3 Å². The molecule has 2 aliphatic rings. The summed E-state index contributed by atoms with van der Waals surface area (Å²) < 4.78 is 13.0. The number of pyridine rings is 1. The molecule has 0 bridgehead atoms. The number of nitrogens with one attached hydrogen (secondary N) is 2. The van der Waals surface area contributed by atoms with Crippen molar-refractivity contribution in [1.82, 2.24) is 19.9 Å². The Balaban J connectivity index is 0.00000119. The Morgan fingerprint density at radius 2 is 1.84 bits per heavy atom. The Kier molecular flexibility index (Phi) is 6.45. The molecule has 0 radical (unpaired) electrons. The predicted molar refractivity (Wildman–Crippen MR) is 123 cm³/mol. The SMILES string of the molecule is C=O.Cc1cc(CN2CCN(c3ncc(F)cn3)CC2)cc2[nH]c(=O)c3c(c12)NCCC3. The molecule has 8 nitrogen and oxygen atoms in total.